The van der Waals surface area contributed by atoms with Crippen molar-refractivity contribution in [2.24, 2.45) is 11.7 Å². The third kappa shape index (κ3) is 4.14. The number of rotatable bonds is 7. The summed E-state index contributed by atoms with van der Waals surface area (Å²) in [5, 5.41) is 16.3. The molecule has 1 aromatic heterocycles. The number of carbonyl (C=O) groups excluding carboxylic acids is 1. The molecule has 0 aromatic carbocycles. The highest BCUT2D eigenvalue weighted by Crippen LogP contribution is 2.35. The summed E-state index contributed by atoms with van der Waals surface area (Å²) < 4.78 is 0. The van der Waals surface area contributed by atoms with Crippen molar-refractivity contribution in [3.63, 3.8) is 0 Å². The van der Waals surface area contributed by atoms with Crippen molar-refractivity contribution < 1.29 is 9.90 Å². The Morgan fingerprint density at radius 3 is 2.62 bits per heavy atom. The van der Waals surface area contributed by atoms with Gasteiger partial charge in [-0.05, 0) is 50.9 Å². The van der Waals surface area contributed by atoms with Crippen LogP contribution in [0.5, 0.6) is 0 Å². The molecule has 5 N–H and O–H groups in total. The zero-order chi connectivity index (χ0) is 17.1. The van der Waals surface area contributed by atoms with Crippen LogP contribution in [0.2, 0.25) is 0 Å². The summed E-state index contributed by atoms with van der Waals surface area (Å²) in [5.41, 5.74) is 5.80. The van der Waals surface area contributed by atoms with Crippen LogP contribution in [0.4, 0.5) is 11.8 Å². The van der Waals surface area contributed by atoms with E-state index in [0.717, 1.165) is 32.1 Å². The number of aliphatic hydroxyl groups is 1. The quantitative estimate of drug-likeness (QED) is 0.606. The Balaban J connectivity index is 1.73. The first-order valence-electron chi connectivity index (χ1n) is 8.94. The normalized spacial score (nSPS) is 25.1. The maximum atomic E-state index is 11.7. The second-order valence-electron chi connectivity index (χ2n) is 6.97. The summed E-state index contributed by atoms with van der Waals surface area (Å²) in [6, 6.07) is 0.571. The first-order chi connectivity index (χ1) is 11.6. The number of aromatic nitrogens is 2. The van der Waals surface area contributed by atoms with Crippen molar-refractivity contribution in [3.05, 3.63) is 11.8 Å². The van der Waals surface area contributed by atoms with Gasteiger partial charge in [0.2, 0.25) is 5.95 Å². The number of primary amides is 1. The van der Waals surface area contributed by atoms with E-state index in [2.05, 4.69) is 27.5 Å². The van der Waals surface area contributed by atoms with E-state index in [-0.39, 0.29) is 12.1 Å². The SMILES string of the molecule is CCC(Nc1nc(N[C@H]2CC[C@H](O)CC2)ncc1C(N)=O)C1CC1. The van der Waals surface area contributed by atoms with Crippen LogP contribution >= 0.6 is 0 Å². The summed E-state index contributed by atoms with van der Waals surface area (Å²) in [6.45, 7) is 2.13. The molecule has 2 fully saturated rings. The number of carbonyl (C=O) groups is 1. The Morgan fingerprint density at radius 2 is 2.04 bits per heavy atom. The lowest BCUT2D eigenvalue weighted by Gasteiger charge is -2.26. The minimum Gasteiger partial charge on any atom is -0.393 e. The van der Waals surface area contributed by atoms with Crippen molar-refractivity contribution in [1.29, 1.82) is 0 Å². The summed E-state index contributed by atoms with van der Waals surface area (Å²) in [7, 11) is 0. The molecule has 2 aliphatic carbocycles. The Labute approximate surface area is 142 Å². The third-order valence-corrected chi connectivity index (χ3v) is 5.04. The van der Waals surface area contributed by atoms with E-state index < -0.39 is 5.91 Å². The van der Waals surface area contributed by atoms with Crippen LogP contribution in [-0.4, -0.2) is 39.2 Å². The molecule has 1 unspecified atom stereocenters. The van der Waals surface area contributed by atoms with Crippen molar-refractivity contribution in [3.8, 4) is 0 Å². The number of hydrogen-bond acceptors (Lipinski definition) is 6. The molecule has 24 heavy (non-hydrogen) atoms. The first kappa shape index (κ1) is 17.0. The van der Waals surface area contributed by atoms with Gasteiger partial charge in [-0.3, -0.25) is 4.79 Å². The van der Waals surface area contributed by atoms with E-state index in [0.29, 0.717) is 29.3 Å². The molecule has 2 aliphatic rings. The standard InChI is InChI=1S/C17H27N5O2/c1-2-14(10-3-4-10)21-16-13(15(18)24)9-19-17(22-16)20-11-5-7-12(23)8-6-11/h9-12,14,23H,2-8H2,1H3,(H2,18,24)(H2,19,20,21,22)/t11-,12-,14?. The van der Waals surface area contributed by atoms with Gasteiger partial charge in [0.15, 0.2) is 0 Å². The van der Waals surface area contributed by atoms with E-state index in [4.69, 9.17) is 5.73 Å². The minimum absolute atomic E-state index is 0.192. The van der Waals surface area contributed by atoms with Gasteiger partial charge in [0, 0.05) is 18.3 Å². The monoisotopic (exact) mass is 333 g/mol. The number of aliphatic hydroxyl groups excluding tert-OH is 1. The average Bonchev–Trinajstić information content (AvgIpc) is 3.39. The highest BCUT2D eigenvalue weighted by atomic mass is 16.3. The maximum Gasteiger partial charge on any atom is 0.254 e. The van der Waals surface area contributed by atoms with E-state index in [1.807, 2.05) is 0 Å². The fourth-order valence-electron chi connectivity index (χ4n) is 3.37. The molecule has 1 heterocycles. The molecule has 7 nitrogen and oxygen atoms in total. The number of nitrogens with one attached hydrogen (secondary N) is 2. The Morgan fingerprint density at radius 1 is 1.33 bits per heavy atom. The molecule has 0 aliphatic heterocycles. The zero-order valence-electron chi connectivity index (χ0n) is 14.2. The fourth-order valence-corrected chi connectivity index (χ4v) is 3.37. The van der Waals surface area contributed by atoms with E-state index in [9.17, 15) is 9.90 Å². The number of nitrogens with zero attached hydrogens (tertiary/aromatic N) is 2. The number of anilines is 2. The predicted molar refractivity (Wildman–Crippen MR) is 92.9 cm³/mol. The van der Waals surface area contributed by atoms with E-state index in [1.54, 1.807) is 0 Å². The lowest BCUT2D eigenvalue weighted by atomic mass is 9.93. The minimum atomic E-state index is -0.518. The topological polar surface area (TPSA) is 113 Å². The van der Waals surface area contributed by atoms with Gasteiger partial charge in [-0.15, -0.1) is 0 Å². The largest absolute Gasteiger partial charge is 0.393 e. The van der Waals surface area contributed by atoms with Gasteiger partial charge in [0.05, 0.1) is 11.7 Å². The summed E-state index contributed by atoms with van der Waals surface area (Å²) in [4.78, 5) is 20.4. The predicted octanol–water partition coefficient (Wildman–Crippen LogP) is 1.89. The second kappa shape index (κ2) is 7.34. The summed E-state index contributed by atoms with van der Waals surface area (Å²) in [6.07, 6.45) is 8.10. The maximum absolute atomic E-state index is 11.7. The van der Waals surface area contributed by atoms with Crippen molar-refractivity contribution in [2.75, 3.05) is 10.6 Å². The molecule has 1 atom stereocenters. The van der Waals surface area contributed by atoms with Gasteiger partial charge in [0.25, 0.3) is 5.91 Å². The molecule has 0 bridgehead atoms. The highest BCUT2D eigenvalue weighted by molar-refractivity contribution is 5.97. The summed E-state index contributed by atoms with van der Waals surface area (Å²) in [5.74, 6) is 1.17. The van der Waals surface area contributed by atoms with E-state index in [1.165, 1.54) is 19.0 Å². The number of nitrogens with two attached hydrogens (primary N) is 1. The Hall–Kier alpha value is -1.89. The van der Waals surface area contributed by atoms with Gasteiger partial charge in [-0.1, -0.05) is 6.92 Å². The molecule has 1 amide bonds. The smallest absolute Gasteiger partial charge is 0.254 e. The van der Waals surface area contributed by atoms with Gasteiger partial charge in [0.1, 0.15) is 5.82 Å². The van der Waals surface area contributed by atoms with Crippen molar-refractivity contribution >= 4 is 17.7 Å². The molecule has 7 heteroatoms. The lowest BCUT2D eigenvalue weighted by Crippen LogP contribution is -2.30. The van der Waals surface area contributed by atoms with Gasteiger partial charge >= 0.3 is 0 Å². The Bertz CT molecular complexity index is 582. The van der Waals surface area contributed by atoms with Crippen LogP contribution in [0.25, 0.3) is 0 Å². The van der Waals surface area contributed by atoms with Crippen molar-refractivity contribution in [2.45, 2.75) is 70.1 Å². The van der Waals surface area contributed by atoms with E-state index >= 15 is 0 Å². The molecule has 3 rings (SSSR count). The summed E-state index contributed by atoms with van der Waals surface area (Å²) >= 11 is 0. The van der Waals surface area contributed by atoms with Crippen LogP contribution in [0.3, 0.4) is 0 Å². The Kier molecular flexibility index (Phi) is 5.18. The highest BCUT2D eigenvalue weighted by Gasteiger charge is 2.31. The van der Waals surface area contributed by atoms with Gasteiger partial charge in [-0.2, -0.15) is 4.98 Å². The fraction of sp³-hybridized carbons (Fsp3) is 0.706. The number of hydrogen-bond donors (Lipinski definition) is 4. The molecule has 0 radical (unpaired) electrons. The molecule has 1 aromatic rings. The number of amides is 1. The molecular formula is C17H27N5O2. The molecule has 0 saturated heterocycles. The molecule has 132 valence electrons. The third-order valence-electron chi connectivity index (χ3n) is 5.04. The van der Waals surface area contributed by atoms with Crippen LogP contribution in [0.15, 0.2) is 6.20 Å². The van der Waals surface area contributed by atoms with Crippen molar-refractivity contribution in [1.82, 2.24) is 9.97 Å². The van der Waals surface area contributed by atoms with Crippen LogP contribution < -0.4 is 16.4 Å². The average molecular weight is 333 g/mol. The second-order valence-corrected chi connectivity index (χ2v) is 6.97. The van der Waals surface area contributed by atoms with Gasteiger partial charge < -0.3 is 21.5 Å². The molecule has 2 saturated carbocycles. The zero-order valence-corrected chi connectivity index (χ0v) is 14.2. The molecular weight excluding hydrogens is 306 g/mol. The molecule has 0 spiro atoms. The van der Waals surface area contributed by atoms with Gasteiger partial charge in [-0.25, -0.2) is 4.98 Å². The van der Waals surface area contributed by atoms with Crippen LogP contribution in [0, 0.1) is 5.92 Å². The van der Waals surface area contributed by atoms with Crippen LogP contribution in [-0.2, 0) is 0 Å². The lowest BCUT2D eigenvalue weighted by molar-refractivity contribution is 0.1000. The first-order valence-corrected chi connectivity index (χ1v) is 8.94. The van der Waals surface area contributed by atoms with Crippen LogP contribution in [0.1, 0.15) is 62.2 Å².